The van der Waals surface area contributed by atoms with E-state index < -0.39 is 5.41 Å². The van der Waals surface area contributed by atoms with Gasteiger partial charge in [0.2, 0.25) is 0 Å². The molecule has 2 atom stereocenters. The molecule has 0 heterocycles. The van der Waals surface area contributed by atoms with E-state index in [4.69, 9.17) is 0 Å². The third kappa shape index (κ3) is 2.80. The Bertz CT molecular complexity index is 631. The second kappa shape index (κ2) is 6.04. The van der Waals surface area contributed by atoms with Crippen LogP contribution in [0.25, 0.3) is 0 Å². The molecule has 0 amide bonds. The van der Waals surface area contributed by atoms with Crippen LogP contribution in [0.2, 0.25) is 0 Å². The van der Waals surface area contributed by atoms with Gasteiger partial charge in [0.1, 0.15) is 11.2 Å². The lowest BCUT2D eigenvalue weighted by Gasteiger charge is -2.29. The summed E-state index contributed by atoms with van der Waals surface area (Å²) in [7, 11) is 0. The predicted octanol–water partition coefficient (Wildman–Crippen LogP) is 3.91. The summed E-state index contributed by atoms with van der Waals surface area (Å²) in [5.41, 5.74) is 0.590. The molecule has 108 valence electrons. The predicted molar refractivity (Wildman–Crippen MR) is 84.3 cm³/mol. The summed E-state index contributed by atoms with van der Waals surface area (Å²) in [6.45, 7) is 5.08. The van der Waals surface area contributed by atoms with Gasteiger partial charge in [0.05, 0.1) is 0 Å². The monoisotopic (exact) mass is 280 g/mol. The molecule has 2 heteroatoms. The highest BCUT2D eigenvalue weighted by Gasteiger charge is 2.42. The topological polar surface area (TPSA) is 34.1 Å². The molecule has 0 fully saturated rings. The third-order valence-corrected chi connectivity index (χ3v) is 4.24. The maximum absolute atomic E-state index is 13.0. The Morgan fingerprint density at radius 3 is 1.86 bits per heavy atom. The van der Waals surface area contributed by atoms with Gasteiger partial charge >= 0.3 is 0 Å². The van der Waals surface area contributed by atoms with E-state index in [1.165, 1.54) is 6.92 Å². The van der Waals surface area contributed by atoms with Gasteiger partial charge in [-0.05, 0) is 25.0 Å². The molecule has 2 aromatic rings. The summed E-state index contributed by atoms with van der Waals surface area (Å²) in [4.78, 5) is 25.2. The van der Waals surface area contributed by atoms with Crippen molar-refractivity contribution < 1.29 is 9.59 Å². The van der Waals surface area contributed by atoms with Crippen molar-refractivity contribution in [3.8, 4) is 0 Å². The van der Waals surface area contributed by atoms with E-state index in [-0.39, 0.29) is 17.5 Å². The Morgan fingerprint density at radius 2 is 1.38 bits per heavy atom. The second-order valence-electron chi connectivity index (χ2n) is 5.54. The Kier molecular flexibility index (Phi) is 4.37. The number of carbonyl (C=O) groups excluding carboxylic acids is 2. The number of rotatable bonds is 5. The average Bonchev–Trinajstić information content (AvgIpc) is 2.54. The van der Waals surface area contributed by atoms with E-state index in [0.717, 1.165) is 11.1 Å². The molecule has 0 saturated heterocycles. The van der Waals surface area contributed by atoms with E-state index >= 15 is 0 Å². The number of hydrogen-bond acceptors (Lipinski definition) is 2. The van der Waals surface area contributed by atoms with Gasteiger partial charge in [-0.1, -0.05) is 67.6 Å². The van der Waals surface area contributed by atoms with Crippen LogP contribution >= 0.6 is 0 Å². The smallest absolute Gasteiger partial charge is 0.157 e. The molecule has 2 aromatic carbocycles. The highest BCUT2D eigenvalue weighted by molar-refractivity contribution is 6.13. The van der Waals surface area contributed by atoms with Gasteiger partial charge in [0.25, 0.3) is 0 Å². The molecule has 0 saturated carbocycles. The minimum atomic E-state index is -1.10. The molecular weight excluding hydrogens is 260 g/mol. The van der Waals surface area contributed by atoms with Crippen LogP contribution in [0, 0.1) is 0 Å². The molecular formula is C19H20O2. The van der Waals surface area contributed by atoms with Crippen molar-refractivity contribution in [1.82, 2.24) is 0 Å². The fourth-order valence-electron chi connectivity index (χ4n) is 2.62. The lowest BCUT2D eigenvalue weighted by atomic mass is 9.70. The van der Waals surface area contributed by atoms with Crippen LogP contribution < -0.4 is 0 Å². The molecule has 0 aliphatic heterocycles. The van der Waals surface area contributed by atoms with Crippen LogP contribution in [0.3, 0.4) is 0 Å². The molecule has 2 unspecified atom stereocenters. The zero-order valence-corrected chi connectivity index (χ0v) is 12.7. The van der Waals surface area contributed by atoms with Gasteiger partial charge < -0.3 is 0 Å². The Labute approximate surface area is 125 Å². The summed E-state index contributed by atoms with van der Waals surface area (Å²) in [6.07, 6.45) is 0. The third-order valence-electron chi connectivity index (χ3n) is 4.24. The van der Waals surface area contributed by atoms with E-state index in [1.54, 1.807) is 6.92 Å². The van der Waals surface area contributed by atoms with Gasteiger partial charge in [0.15, 0.2) is 5.78 Å². The molecule has 2 nitrogen and oxygen atoms in total. The summed E-state index contributed by atoms with van der Waals surface area (Å²) in [5.74, 6) is -0.505. The van der Waals surface area contributed by atoms with Crippen molar-refractivity contribution in [2.75, 3.05) is 0 Å². The second-order valence-corrected chi connectivity index (χ2v) is 5.54. The molecule has 0 radical (unpaired) electrons. The van der Waals surface area contributed by atoms with Crippen LogP contribution in [0.4, 0.5) is 0 Å². The first-order valence-electron chi connectivity index (χ1n) is 7.13. The van der Waals surface area contributed by atoms with E-state index in [1.807, 2.05) is 67.6 Å². The summed E-state index contributed by atoms with van der Waals surface area (Å²) < 4.78 is 0. The van der Waals surface area contributed by atoms with E-state index in [9.17, 15) is 9.59 Å². The molecule has 0 N–H and O–H groups in total. The SMILES string of the molecule is CC(=O)C(C)(C(=O)C(C)c1ccccc1)c1ccccc1. The fraction of sp³-hybridized carbons (Fsp3) is 0.263. The van der Waals surface area contributed by atoms with Gasteiger partial charge in [-0.25, -0.2) is 0 Å². The number of benzene rings is 2. The lowest BCUT2D eigenvalue weighted by molar-refractivity contribution is -0.134. The van der Waals surface area contributed by atoms with Crippen LogP contribution in [0.15, 0.2) is 60.7 Å². The lowest BCUT2D eigenvalue weighted by Crippen LogP contribution is -2.42. The van der Waals surface area contributed by atoms with Crippen LogP contribution in [-0.4, -0.2) is 11.6 Å². The quantitative estimate of drug-likeness (QED) is 0.778. The highest BCUT2D eigenvalue weighted by atomic mass is 16.2. The zero-order valence-electron chi connectivity index (χ0n) is 12.7. The normalized spacial score (nSPS) is 15.0. The van der Waals surface area contributed by atoms with Gasteiger partial charge in [0, 0.05) is 5.92 Å². The van der Waals surface area contributed by atoms with Gasteiger partial charge in [-0.15, -0.1) is 0 Å². The van der Waals surface area contributed by atoms with Crippen molar-refractivity contribution in [3.05, 3.63) is 71.8 Å². The molecule has 0 aromatic heterocycles. The van der Waals surface area contributed by atoms with Crippen molar-refractivity contribution in [2.24, 2.45) is 0 Å². The molecule has 0 bridgehead atoms. The van der Waals surface area contributed by atoms with Crippen LogP contribution in [-0.2, 0) is 15.0 Å². The zero-order chi connectivity index (χ0) is 15.5. The molecule has 0 aliphatic carbocycles. The van der Waals surface area contributed by atoms with Crippen molar-refractivity contribution in [1.29, 1.82) is 0 Å². The summed E-state index contributed by atoms with van der Waals surface area (Å²) in [6, 6.07) is 18.9. The number of Topliss-reactive ketones (excluding diaryl/α,β-unsaturated/α-hetero) is 2. The molecule has 0 aliphatic rings. The fourth-order valence-corrected chi connectivity index (χ4v) is 2.62. The summed E-state index contributed by atoms with van der Waals surface area (Å²) >= 11 is 0. The standard InChI is InChI=1S/C19H20O2/c1-14(16-10-6-4-7-11-16)18(21)19(3,15(2)20)17-12-8-5-9-13-17/h4-14H,1-3H3. The Balaban J connectivity index is 2.44. The van der Waals surface area contributed by atoms with Crippen molar-refractivity contribution in [3.63, 3.8) is 0 Å². The Morgan fingerprint density at radius 1 is 0.905 bits per heavy atom. The van der Waals surface area contributed by atoms with Crippen LogP contribution in [0.5, 0.6) is 0 Å². The van der Waals surface area contributed by atoms with Crippen molar-refractivity contribution in [2.45, 2.75) is 32.1 Å². The van der Waals surface area contributed by atoms with E-state index in [0.29, 0.717) is 0 Å². The number of carbonyl (C=O) groups is 2. The van der Waals surface area contributed by atoms with Gasteiger partial charge in [-0.3, -0.25) is 9.59 Å². The number of hydrogen-bond donors (Lipinski definition) is 0. The molecule has 21 heavy (non-hydrogen) atoms. The first-order chi connectivity index (χ1) is 9.98. The van der Waals surface area contributed by atoms with Crippen molar-refractivity contribution >= 4 is 11.6 Å². The van der Waals surface area contributed by atoms with E-state index in [2.05, 4.69) is 0 Å². The highest BCUT2D eigenvalue weighted by Crippen LogP contribution is 2.32. The maximum Gasteiger partial charge on any atom is 0.157 e. The molecule has 2 rings (SSSR count). The first-order valence-corrected chi connectivity index (χ1v) is 7.13. The first kappa shape index (κ1) is 15.2. The molecule has 0 spiro atoms. The summed E-state index contributed by atoms with van der Waals surface area (Å²) in [5, 5.41) is 0. The number of ketones is 2. The minimum Gasteiger partial charge on any atom is -0.299 e. The largest absolute Gasteiger partial charge is 0.299 e. The minimum absolute atomic E-state index is 0.0626. The Hall–Kier alpha value is -2.22. The van der Waals surface area contributed by atoms with Gasteiger partial charge in [-0.2, -0.15) is 0 Å². The maximum atomic E-state index is 13.0. The van der Waals surface area contributed by atoms with Crippen LogP contribution in [0.1, 0.15) is 37.8 Å². The average molecular weight is 280 g/mol.